The number of benzene rings is 2. The molecule has 2 aromatic heterocycles. The molecule has 0 saturated heterocycles. The highest BCUT2D eigenvalue weighted by molar-refractivity contribution is 7.98. The van der Waals surface area contributed by atoms with E-state index >= 15 is 0 Å². The second-order valence-corrected chi connectivity index (χ2v) is 7.63. The van der Waals surface area contributed by atoms with Crippen molar-refractivity contribution in [3.05, 3.63) is 81.2 Å². The van der Waals surface area contributed by atoms with Gasteiger partial charge in [-0.15, -0.1) is 11.3 Å². The summed E-state index contributed by atoms with van der Waals surface area (Å²) >= 11 is 2.82. The summed E-state index contributed by atoms with van der Waals surface area (Å²) in [7, 11) is 0. The fourth-order valence-corrected chi connectivity index (χ4v) is 4.49. The van der Waals surface area contributed by atoms with Crippen molar-refractivity contribution in [2.24, 2.45) is 0 Å². The van der Waals surface area contributed by atoms with Crippen LogP contribution in [0.2, 0.25) is 0 Å². The van der Waals surface area contributed by atoms with Gasteiger partial charge in [-0.05, 0) is 35.4 Å². The molecule has 0 aliphatic rings. The standard InChI is InChI=1S/C20H12FN3OS2/c21-15-7-5-14(6-8-15)16-11-26-19-17(16)18(25)23-20(24-19)27-10-13-3-1-12(9-22)2-4-13/h1-8,11H,10H2,(H,23,24,25). The Kier molecular flexibility index (Phi) is 4.75. The topological polar surface area (TPSA) is 69.5 Å². The van der Waals surface area contributed by atoms with Crippen LogP contribution >= 0.6 is 23.1 Å². The molecular weight excluding hydrogens is 381 g/mol. The molecule has 0 amide bonds. The smallest absolute Gasteiger partial charge is 0.260 e. The van der Waals surface area contributed by atoms with Gasteiger partial charge in [0.05, 0.1) is 17.0 Å². The lowest BCUT2D eigenvalue weighted by Gasteiger charge is -2.03. The Bertz CT molecular complexity index is 1210. The van der Waals surface area contributed by atoms with Gasteiger partial charge in [0.15, 0.2) is 5.16 Å². The van der Waals surface area contributed by atoms with Crippen molar-refractivity contribution in [1.82, 2.24) is 9.97 Å². The van der Waals surface area contributed by atoms with Gasteiger partial charge in [-0.25, -0.2) is 9.37 Å². The average Bonchev–Trinajstić information content (AvgIpc) is 3.12. The first-order valence-electron chi connectivity index (χ1n) is 8.03. The van der Waals surface area contributed by atoms with Gasteiger partial charge in [0.1, 0.15) is 10.6 Å². The van der Waals surface area contributed by atoms with Crippen LogP contribution in [-0.2, 0) is 5.75 Å². The van der Waals surface area contributed by atoms with Crippen LogP contribution in [0.15, 0.2) is 63.9 Å². The number of H-pyrrole nitrogens is 1. The zero-order valence-corrected chi connectivity index (χ0v) is 15.5. The normalized spacial score (nSPS) is 10.8. The van der Waals surface area contributed by atoms with E-state index < -0.39 is 0 Å². The Morgan fingerprint density at radius 2 is 1.89 bits per heavy atom. The lowest BCUT2D eigenvalue weighted by atomic mass is 10.1. The van der Waals surface area contributed by atoms with Crippen LogP contribution in [0, 0.1) is 17.1 Å². The second kappa shape index (κ2) is 7.35. The van der Waals surface area contributed by atoms with E-state index in [4.69, 9.17) is 5.26 Å². The molecule has 0 radical (unpaired) electrons. The summed E-state index contributed by atoms with van der Waals surface area (Å²) in [6, 6.07) is 15.5. The minimum atomic E-state index is -0.313. The third-order valence-corrected chi connectivity index (χ3v) is 5.85. The number of thiophene rings is 1. The second-order valence-electron chi connectivity index (χ2n) is 5.80. The lowest BCUT2D eigenvalue weighted by molar-refractivity contribution is 0.628. The highest BCUT2D eigenvalue weighted by Gasteiger charge is 2.13. The zero-order valence-electron chi connectivity index (χ0n) is 13.9. The van der Waals surface area contributed by atoms with Crippen LogP contribution in [0.4, 0.5) is 4.39 Å². The van der Waals surface area contributed by atoms with E-state index in [1.165, 1.54) is 35.2 Å². The third-order valence-electron chi connectivity index (χ3n) is 4.04. The molecule has 2 aromatic carbocycles. The number of aromatic nitrogens is 2. The first kappa shape index (κ1) is 17.5. The quantitative estimate of drug-likeness (QED) is 0.393. The van der Waals surface area contributed by atoms with Crippen LogP contribution in [0.5, 0.6) is 0 Å². The number of rotatable bonds is 4. The Morgan fingerprint density at radius 1 is 1.15 bits per heavy atom. The van der Waals surface area contributed by atoms with Crippen LogP contribution < -0.4 is 5.56 Å². The minimum absolute atomic E-state index is 0.206. The number of aromatic amines is 1. The molecule has 0 aliphatic heterocycles. The molecule has 1 N–H and O–H groups in total. The summed E-state index contributed by atoms with van der Waals surface area (Å²) in [5.41, 5.74) is 2.99. The fraction of sp³-hybridized carbons (Fsp3) is 0.0500. The van der Waals surface area contributed by atoms with E-state index in [-0.39, 0.29) is 11.4 Å². The van der Waals surface area contributed by atoms with Crippen LogP contribution in [0.1, 0.15) is 11.1 Å². The van der Waals surface area contributed by atoms with E-state index in [1.807, 2.05) is 17.5 Å². The Morgan fingerprint density at radius 3 is 2.59 bits per heavy atom. The van der Waals surface area contributed by atoms with Crippen molar-refractivity contribution in [3.8, 4) is 17.2 Å². The van der Waals surface area contributed by atoms with Gasteiger partial charge in [-0.1, -0.05) is 36.0 Å². The largest absolute Gasteiger partial charge is 0.301 e. The number of halogens is 1. The van der Waals surface area contributed by atoms with Crippen molar-refractivity contribution >= 4 is 33.3 Å². The summed E-state index contributed by atoms with van der Waals surface area (Å²) in [4.78, 5) is 20.6. The molecule has 0 fully saturated rings. The fourth-order valence-electron chi connectivity index (χ4n) is 2.67. The molecule has 4 aromatic rings. The van der Waals surface area contributed by atoms with E-state index in [1.54, 1.807) is 24.3 Å². The number of thioether (sulfide) groups is 1. The summed E-state index contributed by atoms with van der Waals surface area (Å²) in [5, 5.41) is 11.8. The highest BCUT2D eigenvalue weighted by atomic mass is 32.2. The molecule has 0 atom stereocenters. The van der Waals surface area contributed by atoms with Crippen molar-refractivity contribution in [3.63, 3.8) is 0 Å². The van der Waals surface area contributed by atoms with Gasteiger partial charge < -0.3 is 4.98 Å². The molecule has 4 rings (SSSR count). The van der Waals surface area contributed by atoms with E-state index in [0.29, 0.717) is 26.7 Å². The van der Waals surface area contributed by atoms with E-state index in [9.17, 15) is 9.18 Å². The number of hydrogen-bond donors (Lipinski definition) is 1. The van der Waals surface area contributed by atoms with E-state index in [0.717, 1.165) is 16.7 Å². The molecule has 4 nitrogen and oxygen atoms in total. The van der Waals surface area contributed by atoms with Gasteiger partial charge in [-0.3, -0.25) is 4.79 Å². The molecule has 7 heteroatoms. The Hall–Kier alpha value is -2.95. The molecular formula is C20H12FN3OS2. The predicted octanol–water partition coefficient (Wildman–Crippen LogP) is 4.95. The molecule has 0 saturated carbocycles. The first-order valence-corrected chi connectivity index (χ1v) is 9.90. The number of fused-ring (bicyclic) bond motifs is 1. The van der Waals surface area contributed by atoms with Crippen molar-refractivity contribution in [1.29, 1.82) is 5.26 Å². The molecule has 0 aliphatic carbocycles. The molecule has 27 heavy (non-hydrogen) atoms. The Balaban J connectivity index is 1.61. The maximum atomic E-state index is 13.1. The van der Waals surface area contributed by atoms with Gasteiger partial charge in [0.25, 0.3) is 5.56 Å². The van der Waals surface area contributed by atoms with Crippen LogP contribution in [0.3, 0.4) is 0 Å². The number of nitriles is 1. The first-order chi connectivity index (χ1) is 13.1. The van der Waals surface area contributed by atoms with Gasteiger partial charge in [0, 0.05) is 16.7 Å². The number of hydrogen-bond acceptors (Lipinski definition) is 5. The summed E-state index contributed by atoms with van der Waals surface area (Å²) < 4.78 is 13.1. The number of nitrogens with one attached hydrogen (secondary N) is 1. The summed E-state index contributed by atoms with van der Waals surface area (Å²) in [5.74, 6) is 0.322. The van der Waals surface area contributed by atoms with E-state index in [2.05, 4.69) is 16.0 Å². The maximum absolute atomic E-state index is 13.1. The summed E-state index contributed by atoms with van der Waals surface area (Å²) in [6.07, 6.45) is 0. The molecule has 2 heterocycles. The SMILES string of the molecule is N#Cc1ccc(CSc2nc3scc(-c4ccc(F)cc4)c3c(=O)[nH]2)cc1. The van der Waals surface area contributed by atoms with Gasteiger partial charge >= 0.3 is 0 Å². The van der Waals surface area contributed by atoms with Crippen LogP contribution in [-0.4, -0.2) is 9.97 Å². The third kappa shape index (κ3) is 3.63. The van der Waals surface area contributed by atoms with Crippen molar-refractivity contribution < 1.29 is 4.39 Å². The highest BCUT2D eigenvalue weighted by Crippen LogP contribution is 2.32. The van der Waals surface area contributed by atoms with Crippen molar-refractivity contribution in [2.75, 3.05) is 0 Å². The molecule has 0 unspecified atom stereocenters. The molecule has 132 valence electrons. The van der Waals surface area contributed by atoms with Gasteiger partial charge in [-0.2, -0.15) is 5.26 Å². The monoisotopic (exact) mass is 393 g/mol. The number of nitrogens with zero attached hydrogens (tertiary/aromatic N) is 2. The molecule has 0 bridgehead atoms. The minimum Gasteiger partial charge on any atom is -0.301 e. The van der Waals surface area contributed by atoms with Crippen molar-refractivity contribution in [2.45, 2.75) is 10.9 Å². The maximum Gasteiger partial charge on any atom is 0.260 e. The van der Waals surface area contributed by atoms with Gasteiger partial charge in [0.2, 0.25) is 0 Å². The molecule has 0 spiro atoms. The lowest BCUT2D eigenvalue weighted by Crippen LogP contribution is -2.08. The van der Waals surface area contributed by atoms with Crippen LogP contribution in [0.25, 0.3) is 21.3 Å². The predicted molar refractivity (Wildman–Crippen MR) is 106 cm³/mol. The Labute approximate surface area is 162 Å². The average molecular weight is 393 g/mol. The summed E-state index contributed by atoms with van der Waals surface area (Å²) in [6.45, 7) is 0. The zero-order chi connectivity index (χ0) is 18.8.